The van der Waals surface area contributed by atoms with E-state index in [1.165, 1.54) is 28.6 Å². The van der Waals surface area contributed by atoms with Gasteiger partial charge in [0.15, 0.2) is 0 Å². The lowest BCUT2D eigenvalue weighted by Crippen LogP contribution is -2.61. The van der Waals surface area contributed by atoms with E-state index in [1.54, 1.807) is 36.4 Å². The number of nitrogens with one attached hydrogen (secondary N) is 1. The van der Waals surface area contributed by atoms with E-state index in [4.69, 9.17) is 0 Å². The van der Waals surface area contributed by atoms with Gasteiger partial charge in [-0.05, 0) is 36.8 Å². The van der Waals surface area contributed by atoms with Crippen molar-refractivity contribution in [2.45, 2.75) is 29.3 Å². The van der Waals surface area contributed by atoms with E-state index in [9.17, 15) is 21.6 Å². The van der Waals surface area contributed by atoms with Crippen LogP contribution in [0.2, 0.25) is 0 Å². The molecule has 0 aromatic heterocycles. The molecule has 1 aliphatic rings. The van der Waals surface area contributed by atoms with Crippen molar-refractivity contribution in [3.63, 3.8) is 0 Å². The summed E-state index contributed by atoms with van der Waals surface area (Å²) in [6, 6.07) is 22.1. The van der Waals surface area contributed by atoms with Crippen molar-refractivity contribution in [3.05, 3.63) is 96.1 Å². The number of hydrogen-bond donors (Lipinski definition) is 1. The molecule has 4 rings (SSSR count). The Balaban J connectivity index is 1.62. The highest BCUT2D eigenvalue weighted by Crippen LogP contribution is 2.25. The number of hydrogen-bond acceptors (Lipinski definition) is 5. The highest BCUT2D eigenvalue weighted by molar-refractivity contribution is 7.89. The summed E-state index contributed by atoms with van der Waals surface area (Å²) in [7, 11) is -7.93. The summed E-state index contributed by atoms with van der Waals surface area (Å²) in [5.41, 5.74) is 1.93. The fourth-order valence-corrected chi connectivity index (χ4v) is 6.99. The second kappa shape index (κ2) is 10.3. The second-order valence-electron chi connectivity index (χ2n) is 8.32. The van der Waals surface area contributed by atoms with Crippen molar-refractivity contribution in [3.8, 4) is 0 Å². The van der Waals surface area contributed by atoms with Crippen LogP contribution in [0, 0.1) is 6.92 Å². The molecule has 1 heterocycles. The van der Waals surface area contributed by atoms with Gasteiger partial charge in [0.05, 0.1) is 9.79 Å². The van der Waals surface area contributed by atoms with Gasteiger partial charge in [0.1, 0.15) is 6.04 Å². The number of rotatable bonds is 7. The monoisotopic (exact) mass is 513 g/mol. The van der Waals surface area contributed by atoms with Gasteiger partial charge in [0.25, 0.3) is 0 Å². The maximum Gasteiger partial charge on any atom is 0.243 e. The largest absolute Gasteiger partial charge is 0.351 e. The summed E-state index contributed by atoms with van der Waals surface area (Å²) in [6.07, 6.45) is 0. The molecular weight excluding hydrogens is 486 g/mol. The first kappa shape index (κ1) is 25.1. The Kier molecular flexibility index (Phi) is 7.36. The Morgan fingerprint density at radius 1 is 0.800 bits per heavy atom. The van der Waals surface area contributed by atoms with Gasteiger partial charge in [-0.25, -0.2) is 16.8 Å². The fraction of sp³-hybridized carbons (Fsp3) is 0.240. The van der Waals surface area contributed by atoms with E-state index < -0.39 is 32.0 Å². The van der Waals surface area contributed by atoms with E-state index in [2.05, 4.69) is 5.32 Å². The molecule has 35 heavy (non-hydrogen) atoms. The average Bonchev–Trinajstić information content (AvgIpc) is 2.89. The molecule has 0 radical (unpaired) electrons. The van der Waals surface area contributed by atoms with Crippen LogP contribution in [0.3, 0.4) is 0 Å². The Bertz CT molecular complexity index is 1380. The van der Waals surface area contributed by atoms with Gasteiger partial charge in [-0.15, -0.1) is 0 Å². The molecule has 1 amide bonds. The number of aryl methyl sites for hydroxylation is 1. The molecule has 3 aromatic rings. The van der Waals surface area contributed by atoms with E-state index in [0.29, 0.717) is 0 Å². The zero-order chi connectivity index (χ0) is 25.1. The van der Waals surface area contributed by atoms with Crippen LogP contribution < -0.4 is 5.32 Å². The molecule has 0 bridgehead atoms. The molecule has 8 nitrogen and oxygen atoms in total. The van der Waals surface area contributed by atoms with Crippen molar-refractivity contribution in [2.24, 2.45) is 0 Å². The molecule has 1 saturated heterocycles. The molecular formula is C25H27N3O5S2. The van der Waals surface area contributed by atoms with Gasteiger partial charge in [-0.3, -0.25) is 4.79 Å². The van der Waals surface area contributed by atoms with Crippen molar-refractivity contribution in [1.29, 1.82) is 0 Å². The lowest BCUT2D eigenvalue weighted by Gasteiger charge is -2.39. The summed E-state index contributed by atoms with van der Waals surface area (Å²) in [5.74, 6) is -0.557. The van der Waals surface area contributed by atoms with Crippen molar-refractivity contribution in [2.75, 3.05) is 19.6 Å². The van der Waals surface area contributed by atoms with Crippen molar-refractivity contribution < 1.29 is 21.6 Å². The van der Waals surface area contributed by atoms with Crippen LogP contribution in [0.1, 0.15) is 11.1 Å². The fourth-order valence-electron chi connectivity index (χ4n) is 3.94. The summed E-state index contributed by atoms with van der Waals surface area (Å²) in [4.78, 5) is 13.4. The van der Waals surface area contributed by atoms with E-state index >= 15 is 0 Å². The van der Waals surface area contributed by atoms with Crippen LogP contribution in [0.25, 0.3) is 0 Å². The molecule has 1 fully saturated rings. The third-order valence-corrected chi connectivity index (χ3v) is 9.72. The number of carbonyl (C=O) groups excluding carboxylic acids is 1. The lowest BCUT2D eigenvalue weighted by atomic mass is 10.1. The third kappa shape index (κ3) is 5.46. The number of sulfonamides is 2. The van der Waals surface area contributed by atoms with Crippen molar-refractivity contribution >= 4 is 26.0 Å². The zero-order valence-corrected chi connectivity index (χ0v) is 20.9. The van der Waals surface area contributed by atoms with Crippen LogP contribution in [0.15, 0.2) is 94.7 Å². The smallest absolute Gasteiger partial charge is 0.243 e. The second-order valence-corrected chi connectivity index (χ2v) is 12.2. The molecule has 0 saturated carbocycles. The maximum atomic E-state index is 13.4. The van der Waals surface area contributed by atoms with Crippen LogP contribution >= 0.6 is 0 Å². The van der Waals surface area contributed by atoms with Gasteiger partial charge in [-0.1, -0.05) is 66.2 Å². The first-order valence-electron chi connectivity index (χ1n) is 11.1. The highest BCUT2D eigenvalue weighted by atomic mass is 32.2. The topological polar surface area (TPSA) is 104 Å². The molecule has 0 spiro atoms. The Hall–Kier alpha value is -3.05. The highest BCUT2D eigenvalue weighted by Gasteiger charge is 2.43. The Labute approximate surface area is 206 Å². The van der Waals surface area contributed by atoms with Crippen LogP contribution in [0.5, 0.6) is 0 Å². The number of amides is 1. The summed E-state index contributed by atoms with van der Waals surface area (Å²) in [5, 5.41) is 2.79. The first-order chi connectivity index (χ1) is 16.7. The molecule has 10 heteroatoms. The normalized spacial score (nSPS) is 17.7. The molecule has 1 atom stereocenters. The minimum atomic E-state index is -4.03. The number of nitrogens with zero attached hydrogens (tertiary/aromatic N) is 2. The van der Waals surface area contributed by atoms with Gasteiger partial charge in [-0.2, -0.15) is 8.61 Å². The standard InChI is InChI=1S/C25H27N3O5S2/c1-20-12-14-21(15-13-20)18-26-25(29)24-19-27(34(30,31)22-8-4-2-5-9-22)16-17-28(24)35(32,33)23-10-6-3-7-11-23/h2-15,24H,16-19H2,1H3,(H,26,29). The minimum Gasteiger partial charge on any atom is -0.351 e. The molecule has 184 valence electrons. The molecule has 3 aromatic carbocycles. The predicted molar refractivity (Wildman–Crippen MR) is 132 cm³/mol. The lowest BCUT2D eigenvalue weighted by molar-refractivity contribution is -0.126. The summed E-state index contributed by atoms with van der Waals surface area (Å²) < 4.78 is 55.6. The Morgan fingerprint density at radius 3 is 1.91 bits per heavy atom. The molecule has 0 aliphatic carbocycles. The summed E-state index contributed by atoms with van der Waals surface area (Å²) in [6.45, 7) is 1.65. The van der Waals surface area contributed by atoms with Gasteiger partial charge < -0.3 is 5.32 Å². The SMILES string of the molecule is Cc1ccc(CNC(=O)C2CN(S(=O)(=O)c3ccccc3)CCN2S(=O)(=O)c2ccccc2)cc1. The molecule has 1 N–H and O–H groups in total. The first-order valence-corrected chi connectivity index (χ1v) is 14.0. The Morgan fingerprint density at radius 2 is 1.34 bits per heavy atom. The number of piperazine rings is 1. The predicted octanol–water partition coefficient (Wildman–Crippen LogP) is 2.38. The van der Waals surface area contributed by atoms with Gasteiger partial charge >= 0.3 is 0 Å². The molecule has 1 unspecified atom stereocenters. The van der Waals surface area contributed by atoms with Crippen LogP contribution in [-0.2, 0) is 31.4 Å². The van der Waals surface area contributed by atoms with Gasteiger partial charge in [0.2, 0.25) is 26.0 Å². The summed E-state index contributed by atoms with van der Waals surface area (Å²) >= 11 is 0. The number of carbonyl (C=O) groups is 1. The average molecular weight is 514 g/mol. The maximum absolute atomic E-state index is 13.4. The van der Waals surface area contributed by atoms with E-state index in [0.717, 1.165) is 15.4 Å². The van der Waals surface area contributed by atoms with Crippen molar-refractivity contribution in [1.82, 2.24) is 13.9 Å². The minimum absolute atomic E-state index is 0.0516. The van der Waals surface area contributed by atoms with Crippen LogP contribution in [-0.4, -0.2) is 57.0 Å². The molecule has 1 aliphatic heterocycles. The van der Waals surface area contributed by atoms with E-state index in [1.807, 2.05) is 31.2 Å². The van der Waals surface area contributed by atoms with Crippen LogP contribution in [0.4, 0.5) is 0 Å². The quantitative estimate of drug-likeness (QED) is 0.523. The van der Waals surface area contributed by atoms with Gasteiger partial charge in [0, 0.05) is 26.2 Å². The third-order valence-electron chi connectivity index (χ3n) is 5.91. The van der Waals surface area contributed by atoms with E-state index in [-0.39, 0.29) is 36.0 Å². The zero-order valence-electron chi connectivity index (χ0n) is 19.2. The number of benzene rings is 3.